The van der Waals surface area contributed by atoms with Gasteiger partial charge in [0.2, 0.25) is 0 Å². The Hall–Kier alpha value is -2.53. The van der Waals surface area contributed by atoms with Gasteiger partial charge in [-0.3, -0.25) is 9.69 Å². The molecule has 1 aliphatic rings. The molecule has 1 N–H and O–H groups in total. The maximum atomic E-state index is 12.6. The van der Waals surface area contributed by atoms with Gasteiger partial charge in [-0.15, -0.1) is 0 Å². The zero-order valence-electron chi connectivity index (χ0n) is 13.6. The Morgan fingerprint density at radius 1 is 1.21 bits per heavy atom. The van der Waals surface area contributed by atoms with Gasteiger partial charge in [0.1, 0.15) is 5.75 Å². The first kappa shape index (κ1) is 16.3. The molecule has 0 radical (unpaired) electrons. The van der Waals surface area contributed by atoms with Crippen molar-refractivity contribution in [1.82, 2.24) is 4.90 Å². The molecule has 1 fully saturated rings. The van der Waals surface area contributed by atoms with E-state index in [0.717, 1.165) is 5.56 Å². The summed E-state index contributed by atoms with van der Waals surface area (Å²) < 4.78 is 0. The molecule has 0 bridgehead atoms. The normalized spacial score (nSPS) is 17.9. The van der Waals surface area contributed by atoms with Crippen LogP contribution in [0.25, 0.3) is 6.08 Å². The maximum Gasteiger partial charge on any atom is 0.266 e. The quantitative estimate of drug-likeness (QED) is 0.848. The molecule has 1 saturated heterocycles. The summed E-state index contributed by atoms with van der Waals surface area (Å²) in [6.07, 6.45) is 1.89. The average molecular weight is 338 g/mol. The summed E-state index contributed by atoms with van der Waals surface area (Å²) in [5.41, 5.74) is 2.80. The summed E-state index contributed by atoms with van der Waals surface area (Å²) in [6, 6.07) is 14.7. The van der Waals surface area contributed by atoms with Gasteiger partial charge < -0.3 is 5.11 Å². The van der Waals surface area contributed by atoms with Crippen molar-refractivity contribution in [3.8, 4) is 5.75 Å². The van der Waals surface area contributed by atoms with E-state index < -0.39 is 0 Å². The number of amidine groups is 1. The molecule has 0 spiro atoms. The number of benzene rings is 2. The zero-order chi connectivity index (χ0) is 17.1. The van der Waals surface area contributed by atoms with Gasteiger partial charge in [0.15, 0.2) is 5.17 Å². The Morgan fingerprint density at radius 2 is 1.96 bits per heavy atom. The minimum absolute atomic E-state index is 0.0398. The highest BCUT2D eigenvalue weighted by atomic mass is 32.2. The maximum absolute atomic E-state index is 12.6. The van der Waals surface area contributed by atoms with Crippen LogP contribution in [-0.2, 0) is 4.79 Å². The SMILES string of the molecule is CCN1C(=O)/C(=C/c2ccc(C)cc2)SC1=Nc1cccc(O)c1. The second-order valence-electron chi connectivity index (χ2n) is 5.48. The number of rotatable bonds is 3. The van der Waals surface area contributed by atoms with Crippen molar-refractivity contribution in [2.75, 3.05) is 6.54 Å². The number of aryl methyl sites for hydroxylation is 1. The lowest BCUT2D eigenvalue weighted by Crippen LogP contribution is -2.28. The van der Waals surface area contributed by atoms with Gasteiger partial charge >= 0.3 is 0 Å². The molecule has 1 heterocycles. The van der Waals surface area contributed by atoms with Crippen LogP contribution in [0.4, 0.5) is 5.69 Å². The average Bonchev–Trinajstić information content (AvgIpc) is 2.84. The van der Waals surface area contributed by atoms with E-state index in [9.17, 15) is 9.90 Å². The monoisotopic (exact) mass is 338 g/mol. The third-order valence-electron chi connectivity index (χ3n) is 3.63. The van der Waals surface area contributed by atoms with Crippen molar-refractivity contribution in [1.29, 1.82) is 0 Å². The molecule has 24 heavy (non-hydrogen) atoms. The number of carbonyl (C=O) groups excluding carboxylic acids is 1. The summed E-state index contributed by atoms with van der Waals surface area (Å²) in [6.45, 7) is 4.51. The predicted molar refractivity (Wildman–Crippen MR) is 99.3 cm³/mol. The topological polar surface area (TPSA) is 52.9 Å². The molecule has 122 valence electrons. The minimum Gasteiger partial charge on any atom is -0.508 e. The Balaban J connectivity index is 1.92. The number of hydrogen-bond donors (Lipinski definition) is 1. The molecule has 1 aliphatic heterocycles. The highest BCUT2D eigenvalue weighted by molar-refractivity contribution is 8.18. The molecule has 2 aromatic rings. The molecule has 0 unspecified atom stereocenters. The molecule has 5 heteroatoms. The van der Waals surface area contributed by atoms with Crippen LogP contribution in [0.5, 0.6) is 5.75 Å². The fourth-order valence-electron chi connectivity index (χ4n) is 2.36. The molecule has 0 atom stereocenters. The molecule has 0 aromatic heterocycles. The van der Waals surface area contributed by atoms with Gasteiger partial charge in [-0.2, -0.15) is 0 Å². The van der Waals surface area contributed by atoms with Crippen molar-refractivity contribution in [2.24, 2.45) is 4.99 Å². The van der Waals surface area contributed by atoms with Gasteiger partial charge in [-0.25, -0.2) is 4.99 Å². The first-order chi connectivity index (χ1) is 11.6. The van der Waals surface area contributed by atoms with Gasteiger partial charge in [0.25, 0.3) is 5.91 Å². The molecular weight excluding hydrogens is 320 g/mol. The van der Waals surface area contributed by atoms with Crippen LogP contribution in [-0.4, -0.2) is 27.6 Å². The Morgan fingerprint density at radius 3 is 2.62 bits per heavy atom. The molecule has 2 aromatic carbocycles. The number of amides is 1. The van der Waals surface area contributed by atoms with Crippen LogP contribution < -0.4 is 0 Å². The second kappa shape index (κ2) is 6.93. The molecule has 0 saturated carbocycles. The van der Waals surface area contributed by atoms with Gasteiger partial charge in [-0.1, -0.05) is 35.9 Å². The smallest absolute Gasteiger partial charge is 0.266 e. The van der Waals surface area contributed by atoms with E-state index in [1.807, 2.05) is 44.2 Å². The minimum atomic E-state index is -0.0398. The van der Waals surface area contributed by atoms with E-state index in [0.29, 0.717) is 22.3 Å². The fraction of sp³-hybridized carbons (Fsp3) is 0.158. The number of carbonyl (C=O) groups is 1. The van der Waals surface area contributed by atoms with E-state index in [4.69, 9.17) is 0 Å². The highest BCUT2D eigenvalue weighted by Gasteiger charge is 2.32. The van der Waals surface area contributed by atoms with Gasteiger partial charge in [-0.05, 0) is 49.4 Å². The lowest BCUT2D eigenvalue weighted by molar-refractivity contribution is -0.122. The number of likely N-dealkylation sites (N-methyl/N-ethyl adjacent to an activating group) is 1. The Labute approximate surface area is 145 Å². The van der Waals surface area contributed by atoms with E-state index in [-0.39, 0.29) is 11.7 Å². The second-order valence-corrected chi connectivity index (χ2v) is 6.49. The number of phenolic OH excluding ortho intramolecular Hbond substituents is 1. The summed E-state index contributed by atoms with van der Waals surface area (Å²) in [5.74, 6) is 0.117. The number of phenols is 1. The fourth-order valence-corrected chi connectivity index (χ4v) is 3.42. The summed E-state index contributed by atoms with van der Waals surface area (Å²) >= 11 is 1.36. The largest absolute Gasteiger partial charge is 0.508 e. The molecule has 1 amide bonds. The van der Waals surface area contributed by atoms with Crippen molar-refractivity contribution >= 4 is 34.6 Å². The first-order valence-corrected chi connectivity index (χ1v) is 8.54. The van der Waals surface area contributed by atoms with Crippen LogP contribution in [0.15, 0.2) is 58.4 Å². The van der Waals surface area contributed by atoms with Crippen LogP contribution in [0.1, 0.15) is 18.1 Å². The highest BCUT2D eigenvalue weighted by Crippen LogP contribution is 2.34. The lowest BCUT2D eigenvalue weighted by atomic mass is 10.1. The third kappa shape index (κ3) is 3.51. The number of aliphatic imine (C=N–C) groups is 1. The standard InChI is InChI=1S/C19H18N2O2S/c1-3-21-18(23)17(11-14-9-7-13(2)8-10-14)24-19(21)20-15-5-4-6-16(22)12-15/h4-12,22H,3H2,1-2H3/b17-11-,20-19?. The number of hydrogen-bond acceptors (Lipinski definition) is 4. The van der Waals surface area contributed by atoms with E-state index in [1.54, 1.807) is 29.2 Å². The van der Waals surface area contributed by atoms with E-state index in [2.05, 4.69) is 4.99 Å². The number of aromatic hydroxyl groups is 1. The summed E-state index contributed by atoms with van der Waals surface area (Å²) in [7, 11) is 0. The lowest BCUT2D eigenvalue weighted by Gasteiger charge is -2.11. The molecule has 0 aliphatic carbocycles. The van der Waals surface area contributed by atoms with Crippen LogP contribution in [0, 0.1) is 6.92 Å². The Bertz CT molecular complexity index is 826. The summed E-state index contributed by atoms with van der Waals surface area (Å²) in [4.78, 5) is 19.4. The molecule has 3 rings (SSSR count). The van der Waals surface area contributed by atoms with Gasteiger partial charge in [0.05, 0.1) is 10.6 Å². The van der Waals surface area contributed by atoms with Crippen molar-refractivity contribution in [3.63, 3.8) is 0 Å². The van der Waals surface area contributed by atoms with Gasteiger partial charge in [0, 0.05) is 12.6 Å². The summed E-state index contributed by atoms with van der Waals surface area (Å²) in [5, 5.41) is 10.2. The third-order valence-corrected chi connectivity index (χ3v) is 4.64. The van der Waals surface area contributed by atoms with Crippen LogP contribution >= 0.6 is 11.8 Å². The van der Waals surface area contributed by atoms with Crippen molar-refractivity contribution in [3.05, 3.63) is 64.6 Å². The van der Waals surface area contributed by atoms with E-state index >= 15 is 0 Å². The zero-order valence-corrected chi connectivity index (χ0v) is 14.4. The van der Waals surface area contributed by atoms with Crippen LogP contribution in [0.2, 0.25) is 0 Å². The first-order valence-electron chi connectivity index (χ1n) is 7.72. The van der Waals surface area contributed by atoms with Crippen LogP contribution in [0.3, 0.4) is 0 Å². The predicted octanol–water partition coefficient (Wildman–Crippen LogP) is 4.32. The van der Waals surface area contributed by atoms with Crippen molar-refractivity contribution in [2.45, 2.75) is 13.8 Å². The van der Waals surface area contributed by atoms with E-state index in [1.165, 1.54) is 17.3 Å². The number of thioether (sulfide) groups is 1. The molecular formula is C19H18N2O2S. The Kier molecular flexibility index (Phi) is 4.71. The molecule has 4 nitrogen and oxygen atoms in total. The number of nitrogens with zero attached hydrogens (tertiary/aromatic N) is 2. The van der Waals surface area contributed by atoms with Crippen molar-refractivity contribution < 1.29 is 9.90 Å².